The second-order valence-corrected chi connectivity index (χ2v) is 13.3. The Morgan fingerprint density at radius 3 is 1.75 bits per heavy atom. The molecule has 0 aliphatic heterocycles. The van der Waals surface area contributed by atoms with Gasteiger partial charge in [0.2, 0.25) is 0 Å². The molecule has 0 N–H and O–H groups in total. The minimum atomic E-state index is 0.900. The van der Waals surface area contributed by atoms with Crippen molar-refractivity contribution in [3.05, 3.63) is 182 Å². The number of para-hydroxylation sites is 3. The molecule has 0 spiro atoms. The summed E-state index contributed by atoms with van der Waals surface area (Å²) in [6.45, 7) is 0. The van der Waals surface area contributed by atoms with E-state index < -0.39 is 0 Å². The van der Waals surface area contributed by atoms with Crippen LogP contribution in [-0.2, 0) is 0 Å². The maximum Gasteiger partial charge on any atom is 0.137 e. The lowest BCUT2D eigenvalue weighted by Gasteiger charge is -2.12. The third-order valence-electron chi connectivity index (χ3n) is 10.5. The van der Waals surface area contributed by atoms with Crippen molar-refractivity contribution in [2.24, 2.45) is 0 Å². The highest BCUT2D eigenvalue weighted by Crippen LogP contribution is 2.44. The van der Waals surface area contributed by atoms with E-state index in [0.29, 0.717) is 0 Å². The van der Waals surface area contributed by atoms with E-state index in [9.17, 15) is 0 Å². The van der Waals surface area contributed by atoms with Gasteiger partial charge >= 0.3 is 0 Å². The predicted molar refractivity (Wildman–Crippen MR) is 213 cm³/mol. The van der Waals surface area contributed by atoms with E-state index in [1.165, 1.54) is 60.3 Å². The van der Waals surface area contributed by atoms with Crippen molar-refractivity contribution in [2.45, 2.75) is 0 Å². The zero-order valence-electron chi connectivity index (χ0n) is 27.6. The Labute approximate surface area is 293 Å². The van der Waals surface area contributed by atoms with Crippen LogP contribution in [0.3, 0.4) is 0 Å². The summed E-state index contributed by atoms with van der Waals surface area (Å²) < 4.78 is 11.3. The topological polar surface area (TPSA) is 23.0 Å². The first-order chi connectivity index (χ1) is 25.3. The van der Waals surface area contributed by atoms with Gasteiger partial charge in [0.15, 0.2) is 0 Å². The quantitative estimate of drug-likeness (QED) is 0.186. The average Bonchev–Trinajstić information content (AvgIpc) is 3.85. The molecular formula is C48H30N2O. The Hall–Kier alpha value is -6.84. The van der Waals surface area contributed by atoms with Crippen LogP contribution in [0.4, 0.5) is 0 Å². The molecule has 11 aromatic rings. The highest BCUT2D eigenvalue weighted by atomic mass is 16.3. The first-order valence-electron chi connectivity index (χ1n) is 17.4. The van der Waals surface area contributed by atoms with Crippen LogP contribution < -0.4 is 0 Å². The van der Waals surface area contributed by atoms with Crippen molar-refractivity contribution in [3.63, 3.8) is 0 Å². The van der Waals surface area contributed by atoms with E-state index in [-0.39, 0.29) is 0 Å². The van der Waals surface area contributed by atoms with Crippen LogP contribution in [-0.4, -0.2) is 9.13 Å². The van der Waals surface area contributed by atoms with Gasteiger partial charge in [0, 0.05) is 38.3 Å². The van der Waals surface area contributed by atoms with Crippen LogP contribution in [0.1, 0.15) is 0 Å². The Morgan fingerprint density at radius 1 is 0.314 bits per heavy atom. The number of hydrogen-bond donors (Lipinski definition) is 0. The van der Waals surface area contributed by atoms with Gasteiger partial charge in [-0.15, -0.1) is 0 Å². The van der Waals surface area contributed by atoms with Gasteiger partial charge in [-0.25, -0.2) is 0 Å². The van der Waals surface area contributed by atoms with Crippen molar-refractivity contribution < 1.29 is 4.42 Å². The summed E-state index contributed by atoms with van der Waals surface area (Å²) in [4.78, 5) is 0. The molecule has 0 bridgehead atoms. The fraction of sp³-hybridized carbons (Fsp3) is 0. The zero-order chi connectivity index (χ0) is 33.5. The average molecular weight is 651 g/mol. The summed E-state index contributed by atoms with van der Waals surface area (Å²) in [6, 6.07) is 65.5. The third-order valence-corrected chi connectivity index (χ3v) is 10.5. The molecular weight excluding hydrogens is 621 g/mol. The van der Waals surface area contributed by atoms with Gasteiger partial charge in [0.25, 0.3) is 0 Å². The van der Waals surface area contributed by atoms with Crippen LogP contribution in [0.5, 0.6) is 0 Å². The van der Waals surface area contributed by atoms with Crippen LogP contribution in [0.15, 0.2) is 186 Å². The first kappa shape index (κ1) is 28.0. The fourth-order valence-electron chi connectivity index (χ4n) is 8.21. The van der Waals surface area contributed by atoms with E-state index >= 15 is 0 Å². The molecule has 3 nitrogen and oxygen atoms in total. The Balaban J connectivity index is 1.19. The lowest BCUT2D eigenvalue weighted by Crippen LogP contribution is -1.96. The molecule has 0 fully saturated rings. The molecule has 51 heavy (non-hydrogen) atoms. The Bertz CT molecular complexity index is 3110. The molecule has 0 radical (unpaired) electrons. The van der Waals surface area contributed by atoms with Gasteiger partial charge in [0.05, 0.1) is 27.5 Å². The Kier molecular flexibility index (Phi) is 5.96. The van der Waals surface area contributed by atoms with Crippen molar-refractivity contribution in [2.75, 3.05) is 0 Å². The van der Waals surface area contributed by atoms with Gasteiger partial charge in [-0.1, -0.05) is 121 Å². The van der Waals surface area contributed by atoms with Crippen molar-refractivity contribution in [1.82, 2.24) is 9.13 Å². The molecule has 0 aliphatic carbocycles. The lowest BCUT2D eigenvalue weighted by molar-refractivity contribution is 0.669. The first-order valence-corrected chi connectivity index (χ1v) is 17.4. The van der Waals surface area contributed by atoms with Crippen LogP contribution in [0, 0.1) is 0 Å². The third kappa shape index (κ3) is 4.19. The Morgan fingerprint density at radius 2 is 0.922 bits per heavy atom. The summed E-state index contributed by atoms with van der Waals surface area (Å²) >= 11 is 0. The molecule has 0 amide bonds. The normalized spacial score (nSPS) is 11.9. The van der Waals surface area contributed by atoms with E-state index in [1.54, 1.807) is 0 Å². The van der Waals surface area contributed by atoms with Crippen LogP contribution >= 0.6 is 0 Å². The van der Waals surface area contributed by atoms with Crippen molar-refractivity contribution in [1.29, 1.82) is 0 Å². The number of benzene rings is 8. The van der Waals surface area contributed by atoms with Crippen molar-refractivity contribution in [3.8, 4) is 33.6 Å². The summed E-state index contributed by atoms with van der Waals surface area (Å²) in [7, 11) is 0. The van der Waals surface area contributed by atoms with Gasteiger partial charge in [-0.2, -0.15) is 0 Å². The lowest BCUT2D eigenvalue weighted by atomic mass is 10.00. The van der Waals surface area contributed by atoms with Gasteiger partial charge < -0.3 is 13.6 Å². The maximum atomic E-state index is 6.40. The molecule has 0 saturated carbocycles. The van der Waals surface area contributed by atoms with Crippen LogP contribution in [0.2, 0.25) is 0 Å². The number of rotatable bonds is 4. The predicted octanol–water partition coefficient (Wildman–Crippen LogP) is 13.1. The number of furan rings is 1. The van der Waals surface area contributed by atoms with E-state index in [0.717, 1.165) is 38.8 Å². The van der Waals surface area contributed by atoms with E-state index in [1.807, 2.05) is 6.07 Å². The standard InChI is InChI=1S/C48H30N2O/c1-3-12-31(13-4-1)32-22-24-33(25-23-32)34-14-11-17-36(28-34)49-42-20-9-7-18-37(42)40-29-41-38-26-27-46-47(39-19-8-10-21-45(39)51-46)48(38)50(44(41)30-43(40)49)35-15-5-2-6-16-35/h1-30H. The van der Waals surface area contributed by atoms with E-state index in [4.69, 9.17) is 4.42 Å². The monoisotopic (exact) mass is 650 g/mol. The number of nitrogens with zero attached hydrogens (tertiary/aromatic N) is 2. The molecule has 0 aliphatic rings. The highest BCUT2D eigenvalue weighted by Gasteiger charge is 2.22. The molecule has 3 heteroatoms. The zero-order valence-corrected chi connectivity index (χ0v) is 27.6. The molecule has 8 aromatic carbocycles. The molecule has 0 saturated heterocycles. The molecule has 3 aromatic heterocycles. The maximum absolute atomic E-state index is 6.40. The van der Waals surface area contributed by atoms with Gasteiger partial charge in [-0.05, 0) is 82.9 Å². The molecule has 11 rings (SSSR count). The summed E-state index contributed by atoms with van der Waals surface area (Å²) in [5.41, 5.74) is 13.6. The SMILES string of the molecule is c1ccc(-c2ccc(-c3cccc(-n4c5ccccc5c5cc6c7ccc8oc9ccccc9c8c7n(-c7ccccc7)c6cc54)c3)cc2)cc1. The highest BCUT2D eigenvalue weighted by molar-refractivity contribution is 6.27. The van der Waals surface area contributed by atoms with E-state index in [2.05, 4.69) is 185 Å². The smallest absolute Gasteiger partial charge is 0.137 e. The summed E-state index contributed by atoms with van der Waals surface area (Å²) in [5.74, 6) is 0. The summed E-state index contributed by atoms with van der Waals surface area (Å²) in [6.07, 6.45) is 0. The minimum absolute atomic E-state index is 0.900. The minimum Gasteiger partial charge on any atom is -0.456 e. The van der Waals surface area contributed by atoms with Crippen molar-refractivity contribution >= 4 is 65.6 Å². The second kappa shape index (κ2) is 10.8. The fourth-order valence-corrected chi connectivity index (χ4v) is 8.21. The number of aromatic nitrogens is 2. The van der Waals surface area contributed by atoms with Crippen LogP contribution in [0.25, 0.3) is 99.2 Å². The number of fused-ring (bicyclic) bond motifs is 10. The molecule has 238 valence electrons. The van der Waals surface area contributed by atoms with Gasteiger partial charge in [0.1, 0.15) is 11.2 Å². The van der Waals surface area contributed by atoms with Gasteiger partial charge in [-0.3, -0.25) is 0 Å². The largest absolute Gasteiger partial charge is 0.456 e. The molecule has 0 atom stereocenters. The summed E-state index contributed by atoms with van der Waals surface area (Å²) in [5, 5.41) is 7.19. The number of hydrogen-bond acceptors (Lipinski definition) is 1. The second-order valence-electron chi connectivity index (χ2n) is 13.3. The molecule has 0 unspecified atom stereocenters. The molecule has 3 heterocycles.